The van der Waals surface area contributed by atoms with Crippen LogP contribution in [0.2, 0.25) is 5.02 Å². The van der Waals surface area contributed by atoms with Gasteiger partial charge in [0.1, 0.15) is 11.6 Å². The Kier molecular flexibility index (Phi) is 7.80. The largest absolute Gasteiger partial charge is 0.490 e. The topological polar surface area (TPSA) is 65.8 Å². The fraction of sp³-hybridized carbons (Fsp3) is 0.333. The van der Waals surface area contributed by atoms with Crippen molar-refractivity contribution in [1.29, 1.82) is 5.26 Å². The number of carbonyl (C=O) groups is 1. The Balaban J connectivity index is 1.76. The highest BCUT2D eigenvalue weighted by molar-refractivity contribution is 6.32. The summed E-state index contributed by atoms with van der Waals surface area (Å²) in [6, 6.07) is 15.6. The van der Waals surface area contributed by atoms with Crippen LogP contribution in [-0.2, 0) is 4.79 Å². The minimum atomic E-state index is -0.279. The van der Waals surface area contributed by atoms with Gasteiger partial charge in [0.25, 0.3) is 5.91 Å². The third-order valence-corrected chi connectivity index (χ3v) is 5.25. The molecule has 1 aliphatic rings. The third kappa shape index (κ3) is 5.50. The van der Waals surface area contributed by atoms with Gasteiger partial charge >= 0.3 is 0 Å². The number of nitriles is 1. The maximum atomic E-state index is 13.0. The highest BCUT2D eigenvalue weighted by Crippen LogP contribution is 2.37. The first-order valence-electron chi connectivity index (χ1n) is 10.4. The van der Waals surface area contributed by atoms with Crippen LogP contribution in [0.5, 0.6) is 11.5 Å². The molecule has 2 aromatic carbocycles. The van der Waals surface area contributed by atoms with Crippen LogP contribution in [0, 0.1) is 11.3 Å². The van der Waals surface area contributed by atoms with E-state index in [9.17, 15) is 10.1 Å². The molecule has 0 aliphatic carbocycles. The molecule has 0 aromatic heterocycles. The number of hydrogen-bond donors (Lipinski definition) is 0. The van der Waals surface area contributed by atoms with E-state index >= 15 is 0 Å². The van der Waals surface area contributed by atoms with E-state index < -0.39 is 0 Å². The summed E-state index contributed by atoms with van der Waals surface area (Å²) in [5.74, 6) is 0.674. The van der Waals surface area contributed by atoms with Crippen molar-refractivity contribution in [2.75, 3.05) is 44.3 Å². The van der Waals surface area contributed by atoms with E-state index in [0.717, 1.165) is 18.8 Å². The lowest BCUT2D eigenvalue weighted by molar-refractivity contribution is -0.126. The van der Waals surface area contributed by atoms with Gasteiger partial charge in [-0.2, -0.15) is 5.26 Å². The van der Waals surface area contributed by atoms with Crippen LogP contribution in [-0.4, -0.2) is 50.2 Å². The summed E-state index contributed by atoms with van der Waals surface area (Å²) >= 11 is 6.36. The van der Waals surface area contributed by atoms with Crippen LogP contribution in [0.25, 0.3) is 6.08 Å². The van der Waals surface area contributed by atoms with Crippen molar-refractivity contribution < 1.29 is 14.3 Å². The number of ether oxygens (including phenoxy) is 2. The van der Waals surface area contributed by atoms with Crippen molar-refractivity contribution in [1.82, 2.24) is 4.90 Å². The molecule has 0 spiro atoms. The number of anilines is 1. The summed E-state index contributed by atoms with van der Waals surface area (Å²) in [4.78, 5) is 16.9. The molecule has 6 nitrogen and oxygen atoms in total. The zero-order valence-corrected chi connectivity index (χ0v) is 18.6. The van der Waals surface area contributed by atoms with E-state index in [1.807, 2.05) is 38.1 Å². The monoisotopic (exact) mass is 439 g/mol. The highest BCUT2D eigenvalue weighted by Gasteiger charge is 2.24. The first kappa shape index (κ1) is 22.5. The first-order chi connectivity index (χ1) is 15.1. The summed E-state index contributed by atoms with van der Waals surface area (Å²) in [5.41, 5.74) is 1.82. The zero-order valence-electron chi connectivity index (χ0n) is 17.8. The van der Waals surface area contributed by atoms with Crippen LogP contribution in [0.15, 0.2) is 48.0 Å². The number of carbonyl (C=O) groups excluding carboxylic acids is 1. The van der Waals surface area contributed by atoms with Crippen LogP contribution >= 0.6 is 11.6 Å². The summed E-state index contributed by atoms with van der Waals surface area (Å²) in [6.07, 6.45) is 1.55. The molecule has 0 unspecified atom stereocenters. The van der Waals surface area contributed by atoms with Gasteiger partial charge in [-0.1, -0.05) is 29.8 Å². The van der Waals surface area contributed by atoms with Gasteiger partial charge < -0.3 is 19.3 Å². The number of nitrogens with zero attached hydrogens (tertiary/aromatic N) is 3. The molecule has 0 saturated carbocycles. The zero-order chi connectivity index (χ0) is 22.2. The summed E-state index contributed by atoms with van der Waals surface area (Å²) < 4.78 is 11.2. The summed E-state index contributed by atoms with van der Waals surface area (Å²) in [5, 5.41) is 10.0. The van der Waals surface area contributed by atoms with E-state index in [-0.39, 0.29) is 11.5 Å². The first-order valence-corrected chi connectivity index (χ1v) is 10.7. The molecule has 1 amide bonds. The maximum absolute atomic E-state index is 13.0. The molecule has 3 rings (SSSR count). The van der Waals surface area contributed by atoms with Crippen LogP contribution in [0.4, 0.5) is 5.69 Å². The Hall–Kier alpha value is -3.17. The van der Waals surface area contributed by atoms with E-state index in [4.69, 9.17) is 21.1 Å². The minimum absolute atomic E-state index is 0.0656. The molecule has 1 heterocycles. The second-order valence-electron chi connectivity index (χ2n) is 6.98. The van der Waals surface area contributed by atoms with E-state index in [1.54, 1.807) is 23.1 Å². The molecule has 0 N–H and O–H groups in total. The molecule has 7 heteroatoms. The van der Waals surface area contributed by atoms with Crippen LogP contribution < -0.4 is 14.4 Å². The fourth-order valence-electron chi connectivity index (χ4n) is 3.50. The lowest BCUT2D eigenvalue weighted by atomic mass is 10.1. The average Bonchev–Trinajstić information content (AvgIpc) is 2.80. The van der Waals surface area contributed by atoms with Crippen molar-refractivity contribution >= 4 is 29.3 Å². The molecule has 31 heavy (non-hydrogen) atoms. The molecule has 162 valence electrons. The second-order valence-corrected chi connectivity index (χ2v) is 7.39. The summed E-state index contributed by atoms with van der Waals surface area (Å²) in [6.45, 7) is 7.18. The number of piperazine rings is 1. The van der Waals surface area contributed by atoms with Gasteiger partial charge in [0.15, 0.2) is 11.5 Å². The van der Waals surface area contributed by atoms with Crippen molar-refractivity contribution in [2.45, 2.75) is 13.8 Å². The van der Waals surface area contributed by atoms with Crippen molar-refractivity contribution in [3.05, 3.63) is 58.6 Å². The van der Waals surface area contributed by atoms with Crippen LogP contribution in [0.3, 0.4) is 0 Å². The molecule has 1 fully saturated rings. The van der Waals surface area contributed by atoms with E-state index in [2.05, 4.69) is 17.0 Å². The standard InChI is InChI=1S/C24H26ClN3O3/c1-3-30-22-16-18(15-21(25)23(22)31-4-2)14-19(17-26)24(29)28-12-10-27(11-13-28)20-8-6-5-7-9-20/h5-9,14-16H,3-4,10-13H2,1-2H3/b19-14-. The SMILES string of the molecule is CCOc1cc(/C=C(/C#N)C(=O)N2CCN(c3ccccc3)CC2)cc(Cl)c1OCC. The molecule has 0 radical (unpaired) electrons. The number of hydrogen-bond acceptors (Lipinski definition) is 5. The van der Waals surface area contributed by atoms with Gasteiger partial charge in [0, 0.05) is 31.9 Å². The predicted molar refractivity (Wildman–Crippen MR) is 123 cm³/mol. The van der Waals surface area contributed by atoms with Gasteiger partial charge in [-0.3, -0.25) is 4.79 Å². The van der Waals surface area contributed by atoms with Gasteiger partial charge in [-0.15, -0.1) is 0 Å². The van der Waals surface area contributed by atoms with E-state index in [1.165, 1.54) is 0 Å². The van der Waals surface area contributed by atoms with Gasteiger partial charge in [0.2, 0.25) is 0 Å². The quantitative estimate of drug-likeness (QED) is 0.472. The Morgan fingerprint density at radius 3 is 2.39 bits per heavy atom. The Labute approximate surface area is 188 Å². The van der Waals surface area contributed by atoms with Crippen molar-refractivity contribution in [2.24, 2.45) is 0 Å². The number of rotatable bonds is 7. The number of amides is 1. The van der Waals surface area contributed by atoms with Gasteiger partial charge in [-0.25, -0.2) is 0 Å². The molecular weight excluding hydrogens is 414 g/mol. The van der Waals surface area contributed by atoms with Gasteiger partial charge in [0.05, 0.1) is 18.2 Å². The average molecular weight is 440 g/mol. The third-order valence-electron chi connectivity index (χ3n) is 4.97. The van der Waals surface area contributed by atoms with Crippen molar-refractivity contribution in [3.63, 3.8) is 0 Å². The van der Waals surface area contributed by atoms with Crippen molar-refractivity contribution in [3.8, 4) is 17.6 Å². The van der Waals surface area contributed by atoms with Gasteiger partial charge in [-0.05, 0) is 49.8 Å². The second kappa shape index (κ2) is 10.7. The minimum Gasteiger partial charge on any atom is -0.490 e. The number of halogens is 1. The lowest BCUT2D eigenvalue weighted by Gasteiger charge is -2.36. The maximum Gasteiger partial charge on any atom is 0.264 e. The molecule has 2 aromatic rings. The molecule has 1 aliphatic heterocycles. The Morgan fingerprint density at radius 1 is 1.10 bits per heavy atom. The normalized spacial score (nSPS) is 14.2. The highest BCUT2D eigenvalue weighted by atomic mass is 35.5. The van der Waals surface area contributed by atoms with Crippen LogP contribution in [0.1, 0.15) is 19.4 Å². The lowest BCUT2D eigenvalue weighted by Crippen LogP contribution is -2.49. The molecule has 0 atom stereocenters. The molecular formula is C24H26ClN3O3. The predicted octanol–water partition coefficient (Wildman–Crippen LogP) is 4.39. The smallest absolute Gasteiger partial charge is 0.264 e. The summed E-state index contributed by atoms with van der Waals surface area (Å²) in [7, 11) is 0. The molecule has 1 saturated heterocycles. The number of benzene rings is 2. The van der Waals surface area contributed by atoms with E-state index in [0.29, 0.717) is 48.4 Å². The fourth-order valence-corrected chi connectivity index (χ4v) is 3.78. The Morgan fingerprint density at radius 2 is 1.77 bits per heavy atom. The molecule has 0 bridgehead atoms. The number of para-hydroxylation sites is 1. The Bertz CT molecular complexity index is 978.